The molecule has 2 heterocycles. The maximum Gasteiger partial charge on any atom is 0.133 e. The van der Waals surface area contributed by atoms with Crippen LogP contribution in [0.5, 0.6) is 0 Å². The molecule has 110 valence electrons. The van der Waals surface area contributed by atoms with Crippen LogP contribution in [0.2, 0.25) is 0 Å². The number of aryl methyl sites for hydroxylation is 2. The lowest BCUT2D eigenvalue weighted by Gasteiger charge is -2.31. The highest BCUT2D eigenvalue weighted by Crippen LogP contribution is 2.33. The van der Waals surface area contributed by atoms with Crippen molar-refractivity contribution < 1.29 is 0 Å². The number of rotatable bonds is 4. The second kappa shape index (κ2) is 6.27. The average Bonchev–Trinajstić information content (AvgIpc) is 2.52. The van der Waals surface area contributed by atoms with E-state index in [1.165, 1.54) is 35.2 Å². The molecule has 0 saturated carbocycles. The zero-order valence-electron chi connectivity index (χ0n) is 12.9. The number of nitrogens with zero attached hydrogens (tertiary/aromatic N) is 2. The third kappa shape index (κ3) is 3.08. The van der Waals surface area contributed by atoms with E-state index in [-0.39, 0.29) is 0 Å². The second-order valence-corrected chi connectivity index (χ2v) is 5.69. The third-order valence-electron chi connectivity index (χ3n) is 4.02. The zero-order valence-corrected chi connectivity index (χ0v) is 12.9. The van der Waals surface area contributed by atoms with Gasteiger partial charge in [-0.15, -0.1) is 0 Å². The predicted octanol–water partition coefficient (Wildman–Crippen LogP) is 3.58. The molecule has 21 heavy (non-hydrogen) atoms. The highest BCUT2D eigenvalue weighted by Gasteiger charge is 2.19. The number of aromatic nitrogens is 1. The summed E-state index contributed by atoms with van der Waals surface area (Å²) in [6, 6.07) is 11.0. The molecule has 3 heteroatoms. The molecule has 1 aromatic heterocycles. The zero-order chi connectivity index (χ0) is 14.7. The van der Waals surface area contributed by atoms with Gasteiger partial charge in [-0.25, -0.2) is 4.98 Å². The molecule has 0 amide bonds. The van der Waals surface area contributed by atoms with E-state index < -0.39 is 0 Å². The Kier molecular flexibility index (Phi) is 4.20. The molecule has 0 bridgehead atoms. The second-order valence-electron chi connectivity index (χ2n) is 5.69. The highest BCUT2D eigenvalue weighted by atomic mass is 15.2. The van der Waals surface area contributed by atoms with Crippen LogP contribution in [0.1, 0.15) is 30.0 Å². The molecule has 3 nitrogen and oxygen atoms in total. The Morgan fingerprint density at radius 3 is 3.00 bits per heavy atom. The van der Waals surface area contributed by atoms with Crippen LogP contribution in [0.3, 0.4) is 0 Å². The molecule has 0 atom stereocenters. The molecule has 0 spiro atoms. The van der Waals surface area contributed by atoms with E-state index in [1.807, 2.05) is 6.20 Å². The fourth-order valence-corrected chi connectivity index (χ4v) is 2.95. The topological polar surface area (TPSA) is 28.2 Å². The quantitative estimate of drug-likeness (QED) is 0.928. The first-order chi connectivity index (χ1) is 10.3. The standard InChI is InChI=1S/C18H23N3/c1-3-19-13-15-8-9-20-18(12-15)21-10-4-5-16-11-14(2)6-7-17(16)21/h6-9,11-12,19H,3-5,10,13H2,1-2H3. The van der Waals surface area contributed by atoms with Gasteiger partial charge in [0.2, 0.25) is 0 Å². The summed E-state index contributed by atoms with van der Waals surface area (Å²) in [6.45, 7) is 7.23. The van der Waals surface area contributed by atoms with Gasteiger partial charge in [0.25, 0.3) is 0 Å². The fourth-order valence-electron chi connectivity index (χ4n) is 2.95. The van der Waals surface area contributed by atoms with Crippen molar-refractivity contribution in [2.45, 2.75) is 33.2 Å². The van der Waals surface area contributed by atoms with Crippen LogP contribution in [0.15, 0.2) is 36.5 Å². The number of nitrogens with one attached hydrogen (secondary N) is 1. The van der Waals surface area contributed by atoms with Crippen molar-refractivity contribution in [3.05, 3.63) is 53.2 Å². The number of hydrogen-bond acceptors (Lipinski definition) is 3. The van der Waals surface area contributed by atoms with Crippen LogP contribution in [0.25, 0.3) is 0 Å². The Morgan fingerprint density at radius 2 is 2.14 bits per heavy atom. The van der Waals surface area contributed by atoms with Gasteiger partial charge in [-0.3, -0.25) is 0 Å². The van der Waals surface area contributed by atoms with Crippen molar-refractivity contribution in [3.8, 4) is 0 Å². The minimum atomic E-state index is 0.903. The van der Waals surface area contributed by atoms with Crippen LogP contribution in [0, 0.1) is 6.92 Å². The Hall–Kier alpha value is -1.87. The molecule has 0 aliphatic carbocycles. The number of pyridine rings is 1. The number of benzene rings is 1. The van der Waals surface area contributed by atoms with E-state index in [4.69, 9.17) is 0 Å². The Bertz CT molecular complexity index is 622. The lowest BCUT2D eigenvalue weighted by atomic mass is 9.99. The van der Waals surface area contributed by atoms with E-state index in [1.54, 1.807) is 0 Å². The normalized spacial score (nSPS) is 14.1. The first-order valence-electron chi connectivity index (χ1n) is 7.80. The van der Waals surface area contributed by atoms with Crippen molar-refractivity contribution in [2.75, 3.05) is 18.0 Å². The van der Waals surface area contributed by atoms with Gasteiger partial charge in [0, 0.05) is 25.0 Å². The molecule has 1 aliphatic rings. The van der Waals surface area contributed by atoms with Gasteiger partial charge in [-0.05, 0) is 55.6 Å². The van der Waals surface area contributed by atoms with Crippen LogP contribution in [0.4, 0.5) is 11.5 Å². The SMILES string of the molecule is CCNCc1ccnc(N2CCCc3cc(C)ccc32)c1. The molecule has 2 aromatic rings. The van der Waals surface area contributed by atoms with Gasteiger partial charge < -0.3 is 10.2 Å². The third-order valence-corrected chi connectivity index (χ3v) is 4.02. The Labute approximate surface area is 127 Å². The van der Waals surface area contributed by atoms with Crippen molar-refractivity contribution >= 4 is 11.5 Å². The summed E-state index contributed by atoms with van der Waals surface area (Å²) in [7, 11) is 0. The molecular formula is C18H23N3. The van der Waals surface area contributed by atoms with Gasteiger partial charge >= 0.3 is 0 Å². The summed E-state index contributed by atoms with van der Waals surface area (Å²) in [5.41, 5.74) is 5.39. The molecule has 0 saturated heterocycles. The monoisotopic (exact) mass is 281 g/mol. The lowest BCUT2D eigenvalue weighted by Crippen LogP contribution is -2.25. The van der Waals surface area contributed by atoms with E-state index in [2.05, 4.69) is 59.4 Å². The van der Waals surface area contributed by atoms with Crippen LogP contribution in [-0.4, -0.2) is 18.1 Å². The van der Waals surface area contributed by atoms with Gasteiger partial charge in [0.15, 0.2) is 0 Å². The highest BCUT2D eigenvalue weighted by molar-refractivity contribution is 5.66. The van der Waals surface area contributed by atoms with Crippen molar-refractivity contribution in [3.63, 3.8) is 0 Å². The first-order valence-corrected chi connectivity index (χ1v) is 7.80. The van der Waals surface area contributed by atoms with Crippen LogP contribution in [-0.2, 0) is 13.0 Å². The van der Waals surface area contributed by atoms with Crippen LogP contribution >= 0.6 is 0 Å². The van der Waals surface area contributed by atoms with E-state index in [9.17, 15) is 0 Å². The van der Waals surface area contributed by atoms with Gasteiger partial charge in [0.05, 0.1) is 0 Å². The van der Waals surface area contributed by atoms with E-state index >= 15 is 0 Å². The van der Waals surface area contributed by atoms with Gasteiger partial charge in [-0.1, -0.05) is 24.6 Å². The van der Waals surface area contributed by atoms with Gasteiger partial charge in [0.1, 0.15) is 5.82 Å². The Morgan fingerprint density at radius 1 is 1.24 bits per heavy atom. The van der Waals surface area contributed by atoms with Crippen molar-refractivity contribution in [1.82, 2.24) is 10.3 Å². The summed E-state index contributed by atoms with van der Waals surface area (Å²) in [4.78, 5) is 6.95. The molecule has 1 aliphatic heterocycles. The summed E-state index contributed by atoms with van der Waals surface area (Å²) < 4.78 is 0. The summed E-state index contributed by atoms with van der Waals surface area (Å²) in [5.74, 6) is 1.07. The Balaban J connectivity index is 1.91. The van der Waals surface area contributed by atoms with E-state index in [0.29, 0.717) is 0 Å². The lowest BCUT2D eigenvalue weighted by molar-refractivity contribution is 0.723. The van der Waals surface area contributed by atoms with Crippen molar-refractivity contribution in [2.24, 2.45) is 0 Å². The minimum Gasteiger partial charge on any atom is -0.326 e. The predicted molar refractivity (Wildman–Crippen MR) is 88.1 cm³/mol. The smallest absolute Gasteiger partial charge is 0.133 e. The van der Waals surface area contributed by atoms with Gasteiger partial charge in [-0.2, -0.15) is 0 Å². The summed E-state index contributed by atoms with van der Waals surface area (Å²) >= 11 is 0. The summed E-state index contributed by atoms with van der Waals surface area (Å²) in [6.07, 6.45) is 4.28. The molecule has 0 fully saturated rings. The number of hydrogen-bond donors (Lipinski definition) is 1. The molecule has 1 aromatic carbocycles. The van der Waals surface area contributed by atoms with E-state index in [0.717, 1.165) is 25.5 Å². The molecule has 3 rings (SSSR count). The molecular weight excluding hydrogens is 258 g/mol. The largest absolute Gasteiger partial charge is 0.326 e. The number of anilines is 2. The molecule has 1 N–H and O–H groups in total. The minimum absolute atomic E-state index is 0.903. The first kappa shape index (κ1) is 14.1. The summed E-state index contributed by atoms with van der Waals surface area (Å²) in [5, 5.41) is 3.38. The molecule has 0 unspecified atom stereocenters. The maximum absolute atomic E-state index is 4.59. The fraction of sp³-hybridized carbons (Fsp3) is 0.389. The molecule has 0 radical (unpaired) electrons. The van der Waals surface area contributed by atoms with Crippen molar-refractivity contribution in [1.29, 1.82) is 0 Å². The van der Waals surface area contributed by atoms with Crippen LogP contribution < -0.4 is 10.2 Å². The average molecular weight is 281 g/mol. The number of fused-ring (bicyclic) bond motifs is 1. The maximum atomic E-state index is 4.59.